The second kappa shape index (κ2) is 3.96. The molecule has 1 aliphatic rings. The van der Waals surface area contributed by atoms with Crippen LogP contribution in [0.2, 0.25) is 0 Å². The van der Waals surface area contributed by atoms with Crippen LogP contribution >= 0.6 is 0 Å². The molecule has 1 rings (SSSR count). The van der Waals surface area contributed by atoms with Gasteiger partial charge in [0.15, 0.2) is 6.04 Å². The molecule has 0 spiro atoms. The maximum Gasteiger partial charge on any atom is 0.329 e. The first-order chi connectivity index (χ1) is 6.45. The lowest BCUT2D eigenvalue weighted by Gasteiger charge is -2.24. The Balaban J connectivity index is 2.79. The summed E-state index contributed by atoms with van der Waals surface area (Å²) in [6.45, 7) is 3.76. The van der Waals surface area contributed by atoms with Gasteiger partial charge in [0.2, 0.25) is 5.91 Å². The van der Waals surface area contributed by atoms with Crippen LogP contribution in [-0.2, 0) is 9.59 Å². The third kappa shape index (κ3) is 1.87. The molecule has 2 atom stereocenters. The van der Waals surface area contributed by atoms with E-state index in [-0.39, 0.29) is 11.8 Å². The first kappa shape index (κ1) is 11.0. The maximum absolute atomic E-state index is 11.6. The number of carboxylic acid groups (broad SMARTS) is 1. The van der Waals surface area contributed by atoms with Gasteiger partial charge in [-0.05, 0) is 6.42 Å². The lowest BCUT2D eigenvalue weighted by atomic mass is 10.1. The summed E-state index contributed by atoms with van der Waals surface area (Å²) in [6.07, 6.45) is -0.592. The Kier molecular flexibility index (Phi) is 3.10. The highest BCUT2D eigenvalue weighted by molar-refractivity contribution is 5.85. The smallest absolute Gasteiger partial charge is 0.329 e. The minimum absolute atomic E-state index is 0.214. The van der Waals surface area contributed by atoms with Crippen LogP contribution in [0.25, 0.3) is 0 Å². The first-order valence-corrected chi connectivity index (χ1v) is 4.66. The molecule has 5 nitrogen and oxygen atoms in total. The Morgan fingerprint density at radius 3 is 2.43 bits per heavy atom. The van der Waals surface area contributed by atoms with Crippen molar-refractivity contribution in [2.75, 3.05) is 6.54 Å². The monoisotopic (exact) mass is 201 g/mol. The Labute approximate surface area is 82.3 Å². The zero-order valence-corrected chi connectivity index (χ0v) is 8.30. The number of carbonyl (C=O) groups excluding carboxylic acids is 1. The number of hydrogen-bond donors (Lipinski definition) is 2. The van der Waals surface area contributed by atoms with Gasteiger partial charge in [-0.1, -0.05) is 13.8 Å². The second-order valence-corrected chi connectivity index (χ2v) is 3.83. The van der Waals surface area contributed by atoms with Crippen molar-refractivity contribution in [3.63, 3.8) is 0 Å². The van der Waals surface area contributed by atoms with E-state index in [0.29, 0.717) is 13.0 Å². The van der Waals surface area contributed by atoms with Crippen molar-refractivity contribution < 1.29 is 19.8 Å². The standard InChI is InChI=1S/C9H15NO4/c1-5(2)8(12)10-4-3-6(11)7(10)9(13)14/h5-7,11H,3-4H2,1-2H3,(H,13,14)/t6-,7+/m0/s1. The molecule has 80 valence electrons. The van der Waals surface area contributed by atoms with Gasteiger partial charge < -0.3 is 15.1 Å². The number of carboxylic acids is 1. The van der Waals surface area contributed by atoms with Crippen LogP contribution in [0.1, 0.15) is 20.3 Å². The van der Waals surface area contributed by atoms with E-state index < -0.39 is 18.1 Å². The van der Waals surface area contributed by atoms with E-state index in [4.69, 9.17) is 5.11 Å². The van der Waals surface area contributed by atoms with E-state index in [1.165, 1.54) is 4.90 Å². The largest absolute Gasteiger partial charge is 0.480 e. The molecule has 1 fully saturated rings. The number of nitrogens with zero attached hydrogens (tertiary/aromatic N) is 1. The quantitative estimate of drug-likeness (QED) is 0.642. The molecule has 0 unspecified atom stereocenters. The molecule has 14 heavy (non-hydrogen) atoms. The molecular weight excluding hydrogens is 186 g/mol. The minimum Gasteiger partial charge on any atom is -0.480 e. The van der Waals surface area contributed by atoms with Crippen molar-refractivity contribution in [1.29, 1.82) is 0 Å². The van der Waals surface area contributed by atoms with E-state index in [9.17, 15) is 14.7 Å². The number of aliphatic hydroxyl groups excluding tert-OH is 1. The van der Waals surface area contributed by atoms with Gasteiger partial charge in [0.05, 0.1) is 6.10 Å². The van der Waals surface area contributed by atoms with E-state index in [1.807, 2.05) is 0 Å². The fourth-order valence-electron chi connectivity index (χ4n) is 1.65. The lowest BCUT2D eigenvalue weighted by Crippen LogP contribution is -2.46. The summed E-state index contributed by atoms with van der Waals surface area (Å²) in [5, 5.41) is 18.2. The van der Waals surface area contributed by atoms with Crippen molar-refractivity contribution in [1.82, 2.24) is 4.90 Å². The average molecular weight is 201 g/mol. The summed E-state index contributed by atoms with van der Waals surface area (Å²) in [5.41, 5.74) is 0. The molecule has 0 bridgehead atoms. The molecule has 2 N–H and O–H groups in total. The average Bonchev–Trinajstić information content (AvgIpc) is 2.45. The molecule has 1 aliphatic heterocycles. The highest BCUT2D eigenvalue weighted by atomic mass is 16.4. The van der Waals surface area contributed by atoms with Gasteiger partial charge >= 0.3 is 5.97 Å². The van der Waals surface area contributed by atoms with Crippen LogP contribution in [0.15, 0.2) is 0 Å². The SMILES string of the molecule is CC(C)C(=O)N1CC[C@H](O)[C@@H]1C(=O)O. The third-order valence-corrected chi connectivity index (χ3v) is 2.40. The Bertz CT molecular complexity index is 251. The molecule has 0 aromatic rings. The number of likely N-dealkylation sites (tertiary alicyclic amines) is 1. The van der Waals surface area contributed by atoms with Crippen molar-refractivity contribution >= 4 is 11.9 Å². The summed E-state index contributed by atoms with van der Waals surface area (Å²) in [6, 6.07) is -1.06. The van der Waals surface area contributed by atoms with Gasteiger partial charge in [-0.25, -0.2) is 4.79 Å². The van der Waals surface area contributed by atoms with Crippen LogP contribution in [0.4, 0.5) is 0 Å². The predicted octanol–water partition coefficient (Wildman–Crippen LogP) is -0.311. The molecule has 0 saturated carbocycles. The van der Waals surface area contributed by atoms with Crippen molar-refractivity contribution in [3.8, 4) is 0 Å². The summed E-state index contributed by atoms with van der Waals surface area (Å²) in [4.78, 5) is 23.6. The molecular formula is C9H15NO4. The minimum atomic E-state index is -1.14. The Morgan fingerprint density at radius 1 is 1.43 bits per heavy atom. The van der Waals surface area contributed by atoms with E-state index >= 15 is 0 Å². The molecule has 0 aromatic heterocycles. The topological polar surface area (TPSA) is 77.8 Å². The number of carbonyl (C=O) groups is 2. The molecule has 0 radical (unpaired) electrons. The molecule has 5 heteroatoms. The van der Waals surface area contributed by atoms with Gasteiger partial charge in [-0.3, -0.25) is 4.79 Å². The van der Waals surface area contributed by atoms with Gasteiger partial charge in [-0.2, -0.15) is 0 Å². The second-order valence-electron chi connectivity index (χ2n) is 3.83. The Morgan fingerprint density at radius 2 is 2.00 bits per heavy atom. The fourth-order valence-corrected chi connectivity index (χ4v) is 1.65. The van der Waals surface area contributed by atoms with Gasteiger partial charge in [0, 0.05) is 12.5 Å². The number of hydrogen-bond acceptors (Lipinski definition) is 3. The van der Waals surface area contributed by atoms with Crippen LogP contribution in [-0.4, -0.2) is 45.7 Å². The van der Waals surface area contributed by atoms with Crippen molar-refractivity contribution in [3.05, 3.63) is 0 Å². The third-order valence-electron chi connectivity index (χ3n) is 2.40. The van der Waals surface area contributed by atoms with Crippen LogP contribution in [0, 0.1) is 5.92 Å². The first-order valence-electron chi connectivity index (χ1n) is 4.66. The van der Waals surface area contributed by atoms with Crippen LogP contribution < -0.4 is 0 Å². The lowest BCUT2D eigenvalue weighted by molar-refractivity contribution is -0.152. The molecule has 0 aromatic carbocycles. The summed E-state index contributed by atoms with van der Waals surface area (Å²) in [7, 11) is 0. The number of rotatable bonds is 2. The van der Waals surface area contributed by atoms with Crippen molar-refractivity contribution in [2.45, 2.75) is 32.4 Å². The van der Waals surface area contributed by atoms with E-state index in [1.54, 1.807) is 13.8 Å². The summed E-state index contributed by atoms with van der Waals surface area (Å²) < 4.78 is 0. The summed E-state index contributed by atoms with van der Waals surface area (Å²) >= 11 is 0. The zero-order chi connectivity index (χ0) is 10.9. The zero-order valence-electron chi connectivity index (χ0n) is 8.30. The predicted molar refractivity (Wildman–Crippen MR) is 48.6 cm³/mol. The summed E-state index contributed by atoms with van der Waals surface area (Å²) in [5.74, 6) is -1.58. The number of aliphatic carboxylic acids is 1. The molecule has 1 amide bonds. The maximum atomic E-state index is 11.6. The molecule has 0 aliphatic carbocycles. The highest BCUT2D eigenvalue weighted by Gasteiger charge is 2.41. The Hall–Kier alpha value is -1.10. The normalized spacial score (nSPS) is 27.0. The highest BCUT2D eigenvalue weighted by Crippen LogP contribution is 2.20. The van der Waals surface area contributed by atoms with Gasteiger partial charge in [-0.15, -0.1) is 0 Å². The van der Waals surface area contributed by atoms with Crippen molar-refractivity contribution in [2.24, 2.45) is 5.92 Å². The van der Waals surface area contributed by atoms with Gasteiger partial charge in [0.25, 0.3) is 0 Å². The van der Waals surface area contributed by atoms with Crippen LogP contribution in [0.5, 0.6) is 0 Å². The van der Waals surface area contributed by atoms with Gasteiger partial charge in [0.1, 0.15) is 0 Å². The molecule has 1 saturated heterocycles. The van der Waals surface area contributed by atoms with E-state index in [2.05, 4.69) is 0 Å². The fraction of sp³-hybridized carbons (Fsp3) is 0.778. The molecule has 1 heterocycles. The van der Waals surface area contributed by atoms with E-state index in [0.717, 1.165) is 0 Å². The van der Waals surface area contributed by atoms with Crippen LogP contribution in [0.3, 0.4) is 0 Å². The number of amides is 1. The number of aliphatic hydroxyl groups is 1.